The van der Waals surface area contributed by atoms with E-state index in [9.17, 15) is 13.2 Å². The van der Waals surface area contributed by atoms with Crippen LogP contribution in [0, 0.1) is 0 Å². The first kappa shape index (κ1) is 21.1. The third-order valence-corrected chi connectivity index (χ3v) is 6.54. The van der Waals surface area contributed by atoms with Gasteiger partial charge in [0.25, 0.3) is 5.91 Å². The lowest BCUT2D eigenvalue weighted by atomic mass is 10.2. The Morgan fingerprint density at radius 2 is 2.06 bits per heavy atom. The van der Waals surface area contributed by atoms with Gasteiger partial charge in [-0.25, -0.2) is 23.1 Å². The SMILES string of the molecule is CS(=O)(=O)c1cccc(-c2ncc(C(=O)NCc3cn(-c4cc(Cl)ccn4)nn3)s2)c1. The molecule has 1 aromatic carbocycles. The topological polar surface area (TPSA) is 120 Å². The highest BCUT2D eigenvalue weighted by atomic mass is 35.5. The summed E-state index contributed by atoms with van der Waals surface area (Å²) < 4.78 is 25.0. The summed E-state index contributed by atoms with van der Waals surface area (Å²) in [6, 6.07) is 9.76. The summed E-state index contributed by atoms with van der Waals surface area (Å²) in [5.41, 5.74) is 1.17. The minimum Gasteiger partial charge on any atom is -0.346 e. The molecule has 1 N–H and O–H groups in total. The van der Waals surface area contributed by atoms with E-state index in [1.807, 2.05) is 0 Å². The zero-order chi connectivity index (χ0) is 22.0. The third-order valence-electron chi connectivity index (χ3n) is 4.15. The lowest BCUT2D eigenvalue weighted by Crippen LogP contribution is -2.22. The van der Waals surface area contributed by atoms with E-state index in [-0.39, 0.29) is 17.3 Å². The number of benzene rings is 1. The molecule has 31 heavy (non-hydrogen) atoms. The van der Waals surface area contributed by atoms with Crippen LogP contribution in [0.25, 0.3) is 16.4 Å². The van der Waals surface area contributed by atoms with E-state index in [2.05, 4.69) is 25.6 Å². The minimum absolute atomic E-state index is 0.163. The Kier molecular flexibility index (Phi) is 5.81. The number of sulfone groups is 1. The van der Waals surface area contributed by atoms with Crippen LogP contribution in [0.5, 0.6) is 0 Å². The van der Waals surface area contributed by atoms with Crippen LogP contribution in [-0.4, -0.2) is 45.5 Å². The van der Waals surface area contributed by atoms with E-state index in [0.717, 1.165) is 6.26 Å². The fourth-order valence-electron chi connectivity index (χ4n) is 2.64. The number of pyridine rings is 1. The molecule has 1 amide bonds. The number of carbonyl (C=O) groups is 1. The number of nitrogens with one attached hydrogen (secondary N) is 1. The summed E-state index contributed by atoms with van der Waals surface area (Å²) in [5, 5.41) is 11.8. The molecule has 0 saturated heterocycles. The number of aromatic nitrogens is 5. The molecule has 4 aromatic rings. The molecular formula is C19H15ClN6O3S2. The lowest BCUT2D eigenvalue weighted by Gasteiger charge is -2.01. The monoisotopic (exact) mass is 474 g/mol. The van der Waals surface area contributed by atoms with Gasteiger partial charge in [0.2, 0.25) is 0 Å². The van der Waals surface area contributed by atoms with Crippen molar-refractivity contribution >= 4 is 38.7 Å². The number of halogens is 1. The number of amides is 1. The normalized spacial score (nSPS) is 11.4. The van der Waals surface area contributed by atoms with Gasteiger partial charge in [-0.15, -0.1) is 16.4 Å². The fraction of sp³-hybridized carbons (Fsp3) is 0.105. The Bertz CT molecular complexity index is 1370. The van der Waals surface area contributed by atoms with Gasteiger partial charge in [-0.2, -0.15) is 0 Å². The summed E-state index contributed by atoms with van der Waals surface area (Å²) in [5.74, 6) is 0.194. The van der Waals surface area contributed by atoms with Gasteiger partial charge in [0, 0.05) is 29.1 Å². The summed E-state index contributed by atoms with van der Waals surface area (Å²) in [7, 11) is -3.33. The van der Waals surface area contributed by atoms with Crippen LogP contribution in [0.3, 0.4) is 0 Å². The van der Waals surface area contributed by atoms with Crippen molar-refractivity contribution in [1.29, 1.82) is 0 Å². The molecule has 3 heterocycles. The van der Waals surface area contributed by atoms with Crippen LogP contribution in [-0.2, 0) is 16.4 Å². The summed E-state index contributed by atoms with van der Waals surface area (Å²) >= 11 is 7.12. The molecule has 3 aromatic heterocycles. The highest BCUT2D eigenvalue weighted by Crippen LogP contribution is 2.27. The number of rotatable bonds is 6. The predicted octanol–water partition coefficient (Wildman–Crippen LogP) is 2.77. The average molecular weight is 475 g/mol. The van der Waals surface area contributed by atoms with Crippen molar-refractivity contribution in [3.8, 4) is 16.4 Å². The molecule has 0 fully saturated rings. The van der Waals surface area contributed by atoms with Crippen molar-refractivity contribution in [1.82, 2.24) is 30.3 Å². The Balaban J connectivity index is 1.43. The molecule has 0 saturated carbocycles. The number of hydrogen-bond acceptors (Lipinski definition) is 8. The lowest BCUT2D eigenvalue weighted by molar-refractivity contribution is 0.0954. The van der Waals surface area contributed by atoms with Crippen molar-refractivity contribution in [2.24, 2.45) is 0 Å². The van der Waals surface area contributed by atoms with E-state index >= 15 is 0 Å². The van der Waals surface area contributed by atoms with Gasteiger partial charge >= 0.3 is 0 Å². The van der Waals surface area contributed by atoms with Gasteiger partial charge in [0.1, 0.15) is 15.6 Å². The number of thiazole rings is 1. The maximum Gasteiger partial charge on any atom is 0.263 e. The second-order valence-corrected chi connectivity index (χ2v) is 9.98. The van der Waals surface area contributed by atoms with E-state index in [0.29, 0.717) is 32.0 Å². The molecule has 158 valence electrons. The molecular weight excluding hydrogens is 460 g/mol. The van der Waals surface area contributed by atoms with Crippen molar-refractivity contribution in [3.63, 3.8) is 0 Å². The summed E-state index contributed by atoms with van der Waals surface area (Å²) in [6.45, 7) is 0.163. The predicted molar refractivity (Wildman–Crippen MR) is 116 cm³/mol. The quantitative estimate of drug-likeness (QED) is 0.456. The standard InChI is InChI=1S/C19H15ClN6O3S2/c1-31(28,29)15-4-2-3-12(7-15)19-23-10-16(30-19)18(27)22-9-14-11-26(25-24-14)17-8-13(20)5-6-21-17/h2-8,10-11H,9H2,1H3,(H,22,27). The summed E-state index contributed by atoms with van der Waals surface area (Å²) in [4.78, 5) is 21.5. The molecule has 0 aliphatic rings. The molecule has 0 atom stereocenters. The zero-order valence-corrected chi connectivity index (χ0v) is 18.4. The van der Waals surface area contributed by atoms with Crippen molar-refractivity contribution in [2.45, 2.75) is 11.4 Å². The van der Waals surface area contributed by atoms with Gasteiger partial charge in [-0.05, 0) is 18.2 Å². The van der Waals surface area contributed by atoms with E-state index in [4.69, 9.17) is 11.6 Å². The van der Waals surface area contributed by atoms with Crippen LogP contribution in [0.1, 0.15) is 15.4 Å². The van der Waals surface area contributed by atoms with Gasteiger partial charge < -0.3 is 5.32 Å². The largest absolute Gasteiger partial charge is 0.346 e. The Hall–Kier alpha value is -3.15. The highest BCUT2D eigenvalue weighted by Gasteiger charge is 2.14. The second kappa shape index (κ2) is 8.53. The smallest absolute Gasteiger partial charge is 0.263 e. The summed E-state index contributed by atoms with van der Waals surface area (Å²) in [6.07, 6.45) is 5.81. The van der Waals surface area contributed by atoms with Crippen molar-refractivity contribution < 1.29 is 13.2 Å². The second-order valence-electron chi connectivity index (χ2n) is 6.50. The number of hydrogen-bond donors (Lipinski definition) is 1. The molecule has 9 nitrogen and oxygen atoms in total. The number of carbonyl (C=O) groups excluding carboxylic acids is 1. The van der Waals surface area contributed by atoms with E-state index in [1.54, 1.807) is 36.7 Å². The zero-order valence-electron chi connectivity index (χ0n) is 16.1. The Morgan fingerprint density at radius 3 is 2.84 bits per heavy atom. The van der Waals surface area contributed by atoms with Gasteiger partial charge in [-0.3, -0.25) is 4.79 Å². The highest BCUT2D eigenvalue weighted by molar-refractivity contribution is 7.90. The van der Waals surface area contributed by atoms with Gasteiger partial charge in [0.05, 0.1) is 23.8 Å². The van der Waals surface area contributed by atoms with Crippen molar-refractivity contribution in [2.75, 3.05) is 6.26 Å². The number of nitrogens with zero attached hydrogens (tertiary/aromatic N) is 5. The van der Waals surface area contributed by atoms with Crippen LogP contribution >= 0.6 is 22.9 Å². The minimum atomic E-state index is -3.33. The van der Waals surface area contributed by atoms with Crippen LogP contribution in [0.2, 0.25) is 5.02 Å². The molecule has 12 heteroatoms. The van der Waals surface area contributed by atoms with Gasteiger partial charge in [0.15, 0.2) is 15.7 Å². The molecule has 0 spiro atoms. The first-order valence-electron chi connectivity index (χ1n) is 8.87. The maximum absolute atomic E-state index is 12.5. The molecule has 0 aliphatic heterocycles. The van der Waals surface area contributed by atoms with Crippen LogP contribution < -0.4 is 5.32 Å². The molecule has 0 unspecified atom stereocenters. The first-order valence-corrected chi connectivity index (χ1v) is 12.0. The first-order chi connectivity index (χ1) is 14.8. The third kappa shape index (κ3) is 4.95. The molecule has 0 bridgehead atoms. The molecule has 0 radical (unpaired) electrons. The van der Waals surface area contributed by atoms with Crippen molar-refractivity contribution in [3.05, 3.63) is 70.6 Å². The maximum atomic E-state index is 12.5. The van der Waals surface area contributed by atoms with Gasteiger partial charge in [-0.1, -0.05) is 28.9 Å². The van der Waals surface area contributed by atoms with E-state index < -0.39 is 9.84 Å². The fourth-order valence-corrected chi connectivity index (χ4v) is 4.29. The Labute approximate surface area is 186 Å². The Morgan fingerprint density at radius 1 is 1.23 bits per heavy atom. The van der Waals surface area contributed by atoms with E-state index in [1.165, 1.54) is 34.3 Å². The van der Waals surface area contributed by atoms with Crippen LogP contribution in [0.4, 0.5) is 0 Å². The average Bonchev–Trinajstić information content (AvgIpc) is 3.42. The molecule has 0 aliphatic carbocycles. The molecule has 4 rings (SSSR count). The van der Waals surface area contributed by atoms with Crippen LogP contribution in [0.15, 0.2) is 59.9 Å².